The van der Waals surface area contributed by atoms with Gasteiger partial charge in [-0.2, -0.15) is 0 Å². The lowest BCUT2D eigenvalue weighted by Gasteiger charge is -2.14. The number of rotatable bonds is 3. The number of nitrogens with one attached hydrogen (secondary N) is 1. The molecule has 0 unspecified atom stereocenters. The van der Waals surface area contributed by atoms with E-state index >= 15 is 0 Å². The molecule has 0 saturated heterocycles. The van der Waals surface area contributed by atoms with Gasteiger partial charge in [0.1, 0.15) is 0 Å². The lowest BCUT2D eigenvalue weighted by atomic mass is 10.1. The number of anilines is 2. The third kappa shape index (κ3) is 3.31. The zero-order valence-electron chi connectivity index (χ0n) is 15.1. The van der Waals surface area contributed by atoms with E-state index in [1.54, 1.807) is 28.8 Å². The van der Waals surface area contributed by atoms with Crippen molar-refractivity contribution >= 4 is 23.2 Å². The highest BCUT2D eigenvalue weighted by atomic mass is 16.2. The topological polar surface area (TPSA) is 80.1 Å². The summed E-state index contributed by atoms with van der Waals surface area (Å²) in [6.45, 7) is 4.23. The van der Waals surface area contributed by atoms with Gasteiger partial charge in [-0.05, 0) is 54.8 Å². The summed E-state index contributed by atoms with van der Waals surface area (Å²) in [5, 5.41) is 10.9. The first kappa shape index (κ1) is 17.0. The fraction of sp³-hybridized carbons (Fsp3) is 0.200. The molecule has 136 valence electrons. The standard InChI is InChI=1S/C20H19N5O2/c1-13-4-3-5-17(10-13)25-12-18(22-23-25)20(27)21-16-6-7-19-15(11-16)8-9-24(19)14(2)26/h3-7,10-12H,8-9H2,1-2H3,(H,21,27). The molecule has 0 saturated carbocycles. The maximum atomic E-state index is 12.5. The highest BCUT2D eigenvalue weighted by molar-refractivity contribution is 6.03. The van der Waals surface area contributed by atoms with Gasteiger partial charge < -0.3 is 10.2 Å². The van der Waals surface area contributed by atoms with Gasteiger partial charge in [-0.15, -0.1) is 5.10 Å². The first-order valence-corrected chi connectivity index (χ1v) is 8.73. The van der Waals surface area contributed by atoms with Crippen molar-refractivity contribution in [2.24, 2.45) is 0 Å². The zero-order valence-corrected chi connectivity index (χ0v) is 15.1. The normalized spacial score (nSPS) is 12.7. The molecule has 1 aromatic heterocycles. The molecule has 1 aliphatic heterocycles. The average molecular weight is 361 g/mol. The van der Waals surface area contributed by atoms with E-state index in [4.69, 9.17) is 0 Å². The molecule has 0 fully saturated rings. The monoisotopic (exact) mass is 361 g/mol. The van der Waals surface area contributed by atoms with E-state index in [0.29, 0.717) is 12.2 Å². The van der Waals surface area contributed by atoms with E-state index in [1.807, 2.05) is 43.3 Å². The molecule has 7 nitrogen and oxygen atoms in total. The molecule has 0 radical (unpaired) electrons. The van der Waals surface area contributed by atoms with Crippen LogP contribution in [0.4, 0.5) is 11.4 Å². The molecule has 0 spiro atoms. The fourth-order valence-electron chi connectivity index (χ4n) is 3.27. The predicted octanol–water partition coefficient (Wildman–Crippen LogP) is 2.74. The molecule has 0 bridgehead atoms. The summed E-state index contributed by atoms with van der Waals surface area (Å²) in [6, 6.07) is 13.4. The largest absolute Gasteiger partial charge is 0.321 e. The maximum absolute atomic E-state index is 12.5. The Morgan fingerprint density at radius 2 is 2.00 bits per heavy atom. The summed E-state index contributed by atoms with van der Waals surface area (Å²) >= 11 is 0. The van der Waals surface area contributed by atoms with E-state index in [-0.39, 0.29) is 17.5 Å². The van der Waals surface area contributed by atoms with Crippen LogP contribution in [0, 0.1) is 6.92 Å². The average Bonchev–Trinajstić information content (AvgIpc) is 3.29. The van der Waals surface area contributed by atoms with Crippen molar-refractivity contribution in [2.45, 2.75) is 20.3 Å². The molecule has 3 aromatic rings. The van der Waals surface area contributed by atoms with Crippen LogP contribution in [0.15, 0.2) is 48.7 Å². The van der Waals surface area contributed by atoms with Crippen molar-refractivity contribution in [2.75, 3.05) is 16.8 Å². The Balaban J connectivity index is 1.51. The van der Waals surface area contributed by atoms with Crippen molar-refractivity contribution in [3.63, 3.8) is 0 Å². The minimum absolute atomic E-state index is 0.0262. The van der Waals surface area contributed by atoms with Crippen molar-refractivity contribution in [1.82, 2.24) is 15.0 Å². The number of hydrogen-bond donors (Lipinski definition) is 1. The second-order valence-electron chi connectivity index (χ2n) is 6.61. The molecule has 4 rings (SSSR count). The van der Waals surface area contributed by atoms with Crippen LogP contribution in [0.2, 0.25) is 0 Å². The van der Waals surface area contributed by atoms with Gasteiger partial charge in [-0.25, -0.2) is 4.68 Å². The highest BCUT2D eigenvalue weighted by Crippen LogP contribution is 2.30. The zero-order chi connectivity index (χ0) is 19.0. The van der Waals surface area contributed by atoms with E-state index in [0.717, 1.165) is 28.9 Å². The summed E-state index contributed by atoms with van der Waals surface area (Å²) in [5.74, 6) is -0.298. The lowest BCUT2D eigenvalue weighted by Crippen LogP contribution is -2.25. The van der Waals surface area contributed by atoms with Crippen molar-refractivity contribution < 1.29 is 9.59 Å². The summed E-state index contributed by atoms with van der Waals surface area (Å²) in [7, 11) is 0. The second-order valence-corrected chi connectivity index (χ2v) is 6.61. The minimum atomic E-state index is -0.324. The molecular formula is C20H19N5O2. The van der Waals surface area contributed by atoms with Crippen LogP contribution in [0.5, 0.6) is 0 Å². The van der Waals surface area contributed by atoms with Crippen LogP contribution < -0.4 is 10.2 Å². The molecule has 2 amide bonds. The fourth-order valence-corrected chi connectivity index (χ4v) is 3.27. The van der Waals surface area contributed by atoms with Gasteiger partial charge in [0, 0.05) is 24.8 Å². The van der Waals surface area contributed by atoms with Crippen LogP contribution in [0.3, 0.4) is 0 Å². The Hall–Kier alpha value is -3.48. The SMILES string of the molecule is CC(=O)N1CCc2cc(NC(=O)c3cn(-c4cccc(C)c4)nn3)ccc21. The number of aryl methyl sites for hydroxylation is 1. The molecule has 7 heteroatoms. The van der Waals surface area contributed by atoms with Crippen LogP contribution in [-0.2, 0) is 11.2 Å². The number of benzene rings is 2. The van der Waals surface area contributed by atoms with Crippen LogP contribution in [-0.4, -0.2) is 33.4 Å². The number of nitrogens with zero attached hydrogens (tertiary/aromatic N) is 4. The van der Waals surface area contributed by atoms with Crippen LogP contribution >= 0.6 is 0 Å². The van der Waals surface area contributed by atoms with E-state index in [9.17, 15) is 9.59 Å². The van der Waals surface area contributed by atoms with Gasteiger partial charge in [0.25, 0.3) is 5.91 Å². The van der Waals surface area contributed by atoms with Crippen molar-refractivity contribution in [3.8, 4) is 5.69 Å². The highest BCUT2D eigenvalue weighted by Gasteiger charge is 2.22. The molecule has 1 N–H and O–H groups in total. The third-order valence-electron chi connectivity index (χ3n) is 4.61. The number of fused-ring (bicyclic) bond motifs is 1. The Bertz CT molecular complexity index is 1040. The first-order valence-electron chi connectivity index (χ1n) is 8.73. The number of aromatic nitrogens is 3. The number of amides is 2. The summed E-state index contributed by atoms with van der Waals surface area (Å²) in [4.78, 5) is 25.9. The summed E-state index contributed by atoms with van der Waals surface area (Å²) in [6.07, 6.45) is 2.39. The Morgan fingerprint density at radius 1 is 1.15 bits per heavy atom. The molecular weight excluding hydrogens is 342 g/mol. The molecule has 2 aromatic carbocycles. The predicted molar refractivity (Wildman–Crippen MR) is 102 cm³/mol. The number of carbonyl (C=O) groups excluding carboxylic acids is 2. The number of carbonyl (C=O) groups is 2. The van der Waals surface area contributed by atoms with Gasteiger partial charge in [-0.3, -0.25) is 9.59 Å². The third-order valence-corrected chi connectivity index (χ3v) is 4.61. The summed E-state index contributed by atoms with van der Waals surface area (Å²) < 4.78 is 1.58. The molecule has 2 heterocycles. The Labute approximate surface area is 156 Å². The number of hydrogen-bond acceptors (Lipinski definition) is 4. The maximum Gasteiger partial charge on any atom is 0.277 e. The summed E-state index contributed by atoms with van der Waals surface area (Å²) in [5.41, 5.74) is 4.82. The van der Waals surface area contributed by atoms with Crippen LogP contribution in [0.1, 0.15) is 28.5 Å². The van der Waals surface area contributed by atoms with E-state index in [1.165, 1.54) is 0 Å². The van der Waals surface area contributed by atoms with Gasteiger partial charge in [0.05, 0.1) is 11.9 Å². The van der Waals surface area contributed by atoms with Crippen molar-refractivity contribution in [3.05, 3.63) is 65.5 Å². The van der Waals surface area contributed by atoms with Gasteiger partial charge in [0.2, 0.25) is 5.91 Å². The molecule has 1 aliphatic rings. The Morgan fingerprint density at radius 3 is 2.78 bits per heavy atom. The quantitative estimate of drug-likeness (QED) is 0.778. The van der Waals surface area contributed by atoms with Gasteiger partial charge in [-0.1, -0.05) is 17.3 Å². The van der Waals surface area contributed by atoms with Crippen molar-refractivity contribution in [1.29, 1.82) is 0 Å². The second kappa shape index (κ2) is 6.68. The van der Waals surface area contributed by atoms with Gasteiger partial charge >= 0.3 is 0 Å². The van der Waals surface area contributed by atoms with Gasteiger partial charge in [0.15, 0.2) is 5.69 Å². The molecule has 0 aliphatic carbocycles. The molecule has 27 heavy (non-hydrogen) atoms. The van der Waals surface area contributed by atoms with Crippen LogP contribution in [0.25, 0.3) is 5.69 Å². The lowest BCUT2D eigenvalue weighted by molar-refractivity contribution is -0.116. The van der Waals surface area contributed by atoms with E-state index < -0.39 is 0 Å². The minimum Gasteiger partial charge on any atom is -0.321 e. The molecule has 0 atom stereocenters. The first-order chi connectivity index (χ1) is 13.0. The Kier molecular flexibility index (Phi) is 4.19. The smallest absolute Gasteiger partial charge is 0.277 e. The van der Waals surface area contributed by atoms with E-state index in [2.05, 4.69) is 15.6 Å².